The molecule has 0 spiro atoms. The van der Waals surface area contributed by atoms with Crippen molar-refractivity contribution in [2.24, 2.45) is 0 Å². The highest BCUT2D eigenvalue weighted by atomic mass is 32.1. The zero-order chi connectivity index (χ0) is 25.8. The molecule has 0 radical (unpaired) electrons. The molecule has 0 saturated heterocycles. The van der Waals surface area contributed by atoms with E-state index >= 15 is 0 Å². The Labute approximate surface area is 211 Å². The summed E-state index contributed by atoms with van der Waals surface area (Å²) in [6.07, 6.45) is 4.77. The molecule has 1 amide bonds. The van der Waals surface area contributed by atoms with E-state index in [1.165, 1.54) is 29.5 Å². The highest BCUT2D eigenvalue weighted by Crippen LogP contribution is 2.39. The Morgan fingerprint density at radius 2 is 2.06 bits per heavy atom. The van der Waals surface area contributed by atoms with Gasteiger partial charge in [0.15, 0.2) is 0 Å². The molecule has 0 fully saturated rings. The van der Waals surface area contributed by atoms with Crippen LogP contribution < -0.4 is 5.32 Å². The van der Waals surface area contributed by atoms with Gasteiger partial charge in [-0.3, -0.25) is 14.9 Å². The molecule has 36 heavy (non-hydrogen) atoms. The fourth-order valence-corrected chi connectivity index (χ4v) is 5.38. The van der Waals surface area contributed by atoms with Crippen LogP contribution in [0, 0.1) is 28.4 Å². The summed E-state index contributed by atoms with van der Waals surface area (Å²) in [6, 6.07) is 9.70. The van der Waals surface area contributed by atoms with Gasteiger partial charge in [-0.2, -0.15) is 5.26 Å². The first-order chi connectivity index (χ1) is 17.3. The van der Waals surface area contributed by atoms with E-state index in [2.05, 4.69) is 5.32 Å². The number of nitriles is 1. The zero-order valence-corrected chi connectivity index (χ0v) is 20.6. The fraction of sp³-hybridized carbons (Fsp3) is 0.269. The summed E-state index contributed by atoms with van der Waals surface area (Å²) in [5.74, 6) is -0.769. The SMILES string of the molecule is CCOC(=O)c1c(NC(=O)C(C#N)=Cc2ccc(-c3ccc(C)cc3[N+](=O)[O-])o2)sc2c1CCCC2. The second kappa shape index (κ2) is 10.6. The number of nitrogens with one attached hydrogen (secondary N) is 1. The van der Waals surface area contributed by atoms with Gasteiger partial charge < -0.3 is 14.5 Å². The number of nitro benzene ring substituents is 1. The fourth-order valence-electron chi connectivity index (χ4n) is 4.11. The number of rotatable bonds is 7. The van der Waals surface area contributed by atoms with E-state index in [0.29, 0.717) is 10.6 Å². The third kappa shape index (κ3) is 5.06. The monoisotopic (exact) mass is 505 g/mol. The van der Waals surface area contributed by atoms with Crippen LogP contribution in [0.2, 0.25) is 0 Å². The lowest BCUT2D eigenvalue weighted by molar-refractivity contribution is -0.384. The molecule has 0 unspecified atom stereocenters. The van der Waals surface area contributed by atoms with Gasteiger partial charge in [0.05, 0.1) is 22.7 Å². The predicted molar refractivity (Wildman–Crippen MR) is 135 cm³/mol. The molecule has 10 heteroatoms. The number of carbonyl (C=O) groups excluding carboxylic acids is 2. The quantitative estimate of drug-likeness (QED) is 0.140. The zero-order valence-electron chi connectivity index (χ0n) is 19.8. The van der Waals surface area contributed by atoms with Gasteiger partial charge in [-0.25, -0.2) is 4.79 Å². The van der Waals surface area contributed by atoms with Gasteiger partial charge >= 0.3 is 5.97 Å². The summed E-state index contributed by atoms with van der Waals surface area (Å²) in [6.45, 7) is 3.68. The lowest BCUT2D eigenvalue weighted by atomic mass is 9.95. The number of aryl methyl sites for hydroxylation is 2. The summed E-state index contributed by atoms with van der Waals surface area (Å²) in [7, 11) is 0. The number of hydrogen-bond donors (Lipinski definition) is 1. The first-order valence-corrected chi connectivity index (χ1v) is 12.2. The molecule has 0 saturated carbocycles. The van der Waals surface area contributed by atoms with Crippen LogP contribution in [0.25, 0.3) is 17.4 Å². The van der Waals surface area contributed by atoms with Crippen molar-refractivity contribution in [1.82, 2.24) is 0 Å². The number of esters is 1. The number of carbonyl (C=O) groups is 2. The van der Waals surface area contributed by atoms with Gasteiger partial charge in [0.1, 0.15) is 28.2 Å². The maximum atomic E-state index is 13.0. The van der Waals surface area contributed by atoms with Crippen molar-refractivity contribution < 1.29 is 23.7 Å². The van der Waals surface area contributed by atoms with Crippen molar-refractivity contribution in [3.63, 3.8) is 0 Å². The van der Waals surface area contributed by atoms with E-state index in [4.69, 9.17) is 9.15 Å². The lowest BCUT2D eigenvalue weighted by Gasteiger charge is -2.12. The molecule has 184 valence electrons. The van der Waals surface area contributed by atoms with Gasteiger partial charge in [-0.1, -0.05) is 6.07 Å². The van der Waals surface area contributed by atoms with Crippen LogP contribution in [0.15, 0.2) is 40.3 Å². The number of amides is 1. The molecule has 1 N–H and O–H groups in total. The van der Waals surface area contributed by atoms with Gasteiger partial charge in [0.25, 0.3) is 11.6 Å². The molecular formula is C26H23N3O6S. The summed E-state index contributed by atoms with van der Waals surface area (Å²) < 4.78 is 10.9. The van der Waals surface area contributed by atoms with E-state index in [1.54, 1.807) is 32.0 Å². The molecule has 2 heterocycles. The van der Waals surface area contributed by atoms with E-state index in [9.17, 15) is 25.0 Å². The third-order valence-corrected chi connectivity index (χ3v) is 6.98. The first-order valence-electron chi connectivity index (χ1n) is 11.4. The maximum absolute atomic E-state index is 13.0. The molecule has 3 aromatic rings. The van der Waals surface area contributed by atoms with Crippen LogP contribution >= 0.6 is 11.3 Å². The number of thiophene rings is 1. The molecule has 1 aliphatic carbocycles. The Morgan fingerprint density at radius 1 is 1.28 bits per heavy atom. The number of anilines is 1. The van der Waals surface area contributed by atoms with Gasteiger partial charge in [0, 0.05) is 17.0 Å². The number of nitro groups is 1. The third-order valence-electron chi connectivity index (χ3n) is 5.77. The Hall–Kier alpha value is -4.23. The molecule has 1 aromatic carbocycles. The molecule has 0 bridgehead atoms. The van der Waals surface area contributed by atoms with Crippen LogP contribution in [0.5, 0.6) is 0 Å². The number of ether oxygens (including phenoxy) is 1. The largest absolute Gasteiger partial charge is 0.462 e. The molecule has 2 aromatic heterocycles. The first kappa shape index (κ1) is 24.9. The number of hydrogen-bond acceptors (Lipinski definition) is 8. The number of furan rings is 1. The standard InChI is InChI=1S/C26H23N3O6S/c1-3-34-26(31)23-19-6-4-5-7-22(19)36-25(23)28-24(30)16(14-27)13-17-9-11-21(35-17)18-10-8-15(2)12-20(18)29(32)33/h8-13H,3-7H2,1-2H3,(H,28,30). The average Bonchev–Trinajstić information content (AvgIpc) is 3.46. The van der Waals surface area contributed by atoms with E-state index in [1.807, 2.05) is 6.07 Å². The minimum Gasteiger partial charge on any atom is -0.462 e. The number of benzene rings is 1. The highest BCUT2D eigenvalue weighted by Gasteiger charge is 2.28. The molecular weight excluding hydrogens is 482 g/mol. The van der Waals surface area contributed by atoms with Crippen LogP contribution in [0.3, 0.4) is 0 Å². The molecule has 0 atom stereocenters. The number of fused-ring (bicyclic) bond motifs is 1. The van der Waals surface area contributed by atoms with Crippen molar-refractivity contribution in [3.8, 4) is 17.4 Å². The van der Waals surface area contributed by atoms with Crippen molar-refractivity contribution in [1.29, 1.82) is 5.26 Å². The van der Waals surface area contributed by atoms with E-state index in [-0.39, 0.29) is 35.0 Å². The Morgan fingerprint density at radius 3 is 2.78 bits per heavy atom. The van der Waals surface area contributed by atoms with Gasteiger partial charge in [0.2, 0.25) is 0 Å². The Bertz CT molecular complexity index is 1430. The topological polar surface area (TPSA) is 135 Å². The van der Waals surface area contributed by atoms with E-state index in [0.717, 1.165) is 41.7 Å². The smallest absolute Gasteiger partial charge is 0.341 e. The summed E-state index contributed by atoms with van der Waals surface area (Å²) in [4.78, 5) is 37.6. The minimum absolute atomic E-state index is 0.105. The van der Waals surface area contributed by atoms with E-state index < -0.39 is 16.8 Å². The highest BCUT2D eigenvalue weighted by molar-refractivity contribution is 7.17. The van der Waals surface area contributed by atoms with Gasteiger partial charge in [-0.15, -0.1) is 11.3 Å². The molecule has 4 rings (SSSR count). The molecule has 1 aliphatic rings. The second-order valence-electron chi connectivity index (χ2n) is 8.24. The molecule has 0 aliphatic heterocycles. The van der Waals surface area contributed by atoms with Crippen LogP contribution in [0.4, 0.5) is 10.7 Å². The Balaban J connectivity index is 1.62. The summed E-state index contributed by atoms with van der Waals surface area (Å²) in [5, 5.41) is 24.2. The van der Waals surface area contributed by atoms with Crippen LogP contribution in [-0.4, -0.2) is 23.4 Å². The summed E-state index contributed by atoms with van der Waals surface area (Å²) >= 11 is 1.33. The average molecular weight is 506 g/mol. The second-order valence-corrected chi connectivity index (χ2v) is 9.34. The van der Waals surface area contributed by atoms with Crippen molar-refractivity contribution >= 4 is 40.0 Å². The van der Waals surface area contributed by atoms with Crippen LogP contribution in [-0.2, 0) is 22.4 Å². The van der Waals surface area contributed by atoms with Crippen LogP contribution in [0.1, 0.15) is 51.9 Å². The van der Waals surface area contributed by atoms with Crippen molar-refractivity contribution in [2.45, 2.75) is 39.5 Å². The molecule has 9 nitrogen and oxygen atoms in total. The normalized spacial score (nSPS) is 13.0. The predicted octanol–water partition coefficient (Wildman–Crippen LogP) is 5.83. The van der Waals surface area contributed by atoms with Crippen molar-refractivity contribution in [3.05, 3.63) is 73.3 Å². The Kier molecular flexibility index (Phi) is 7.31. The summed E-state index contributed by atoms with van der Waals surface area (Å²) in [5.41, 5.74) is 1.93. The maximum Gasteiger partial charge on any atom is 0.341 e. The van der Waals surface area contributed by atoms with Gasteiger partial charge in [-0.05, 0) is 68.9 Å². The minimum atomic E-state index is -0.694. The number of nitrogens with zero attached hydrogens (tertiary/aromatic N) is 2. The van der Waals surface area contributed by atoms with Crippen molar-refractivity contribution in [2.75, 3.05) is 11.9 Å². The lowest BCUT2D eigenvalue weighted by Crippen LogP contribution is -2.16.